The van der Waals surface area contributed by atoms with Gasteiger partial charge in [-0.1, -0.05) is 26.0 Å². The van der Waals surface area contributed by atoms with Crippen LogP contribution in [0.5, 0.6) is 0 Å². The molecule has 7 nitrogen and oxygen atoms in total. The highest BCUT2D eigenvalue weighted by molar-refractivity contribution is 5.97. The molecule has 0 bridgehead atoms. The molecule has 2 aromatic rings. The number of hydrogen-bond acceptors (Lipinski definition) is 5. The minimum atomic E-state index is -0.473. The van der Waals surface area contributed by atoms with E-state index >= 15 is 0 Å². The van der Waals surface area contributed by atoms with E-state index in [4.69, 9.17) is 4.74 Å². The number of rotatable bonds is 7. The molecule has 2 aromatic carbocycles. The van der Waals surface area contributed by atoms with Gasteiger partial charge in [-0.2, -0.15) is 0 Å². The number of nitrogens with one attached hydrogen (secondary N) is 1. The lowest BCUT2D eigenvalue weighted by atomic mass is 9.87. The Balaban J connectivity index is 2.15. The predicted octanol–water partition coefficient (Wildman–Crippen LogP) is 4.15. The third kappa shape index (κ3) is 5.13. The quantitative estimate of drug-likeness (QED) is 0.448. The van der Waals surface area contributed by atoms with Gasteiger partial charge in [-0.15, -0.1) is 0 Å². The third-order valence-corrected chi connectivity index (χ3v) is 4.08. The fourth-order valence-electron chi connectivity index (χ4n) is 2.77. The largest absolute Gasteiger partial charge is 0.462 e. The Morgan fingerprint density at radius 1 is 1.07 bits per heavy atom. The lowest BCUT2D eigenvalue weighted by molar-refractivity contribution is -0.384. The minimum absolute atomic E-state index is 0.00902. The van der Waals surface area contributed by atoms with Gasteiger partial charge in [-0.3, -0.25) is 14.9 Å². The fraction of sp³-hybridized carbons (Fsp3) is 0.300. The molecule has 0 saturated heterocycles. The van der Waals surface area contributed by atoms with Gasteiger partial charge in [0.05, 0.1) is 23.0 Å². The topological polar surface area (TPSA) is 98.5 Å². The highest BCUT2D eigenvalue weighted by Gasteiger charge is 2.25. The number of nitrogens with zero attached hydrogens (tertiary/aromatic N) is 1. The van der Waals surface area contributed by atoms with Crippen LogP contribution in [0.15, 0.2) is 48.5 Å². The van der Waals surface area contributed by atoms with Crippen LogP contribution < -0.4 is 5.32 Å². The second-order valence-corrected chi connectivity index (χ2v) is 6.36. The summed E-state index contributed by atoms with van der Waals surface area (Å²) in [5.74, 6) is -1.11. The summed E-state index contributed by atoms with van der Waals surface area (Å²) in [4.78, 5) is 34.8. The monoisotopic (exact) mass is 370 g/mol. The van der Waals surface area contributed by atoms with Crippen molar-refractivity contribution in [1.29, 1.82) is 0 Å². The van der Waals surface area contributed by atoms with Crippen LogP contribution in [0.3, 0.4) is 0 Å². The molecule has 1 unspecified atom stereocenters. The third-order valence-electron chi connectivity index (χ3n) is 4.08. The van der Waals surface area contributed by atoms with Crippen LogP contribution in [0, 0.1) is 16.0 Å². The van der Waals surface area contributed by atoms with E-state index in [9.17, 15) is 19.7 Å². The number of anilines is 1. The molecule has 0 aliphatic carbocycles. The number of non-ortho nitro benzene ring substituents is 1. The SMILES string of the molecule is CCOC(=O)c1ccc(NC(=O)C(c2ccc([N+](=O)[O-])cc2)C(C)C)cc1. The highest BCUT2D eigenvalue weighted by Crippen LogP contribution is 2.28. The van der Waals surface area contributed by atoms with Gasteiger partial charge >= 0.3 is 5.97 Å². The van der Waals surface area contributed by atoms with Gasteiger partial charge in [-0.05, 0) is 42.7 Å². The summed E-state index contributed by atoms with van der Waals surface area (Å²) in [6, 6.07) is 12.4. The summed E-state index contributed by atoms with van der Waals surface area (Å²) in [7, 11) is 0. The van der Waals surface area contributed by atoms with Gasteiger partial charge in [0, 0.05) is 17.8 Å². The van der Waals surface area contributed by atoms with E-state index in [1.165, 1.54) is 12.1 Å². The summed E-state index contributed by atoms with van der Waals surface area (Å²) >= 11 is 0. The first-order valence-corrected chi connectivity index (χ1v) is 8.66. The number of carbonyl (C=O) groups excluding carboxylic acids is 2. The maximum absolute atomic E-state index is 12.8. The molecule has 0 spiro atoms. The zero-order valence-corrected chi connectivity index (χ0v) is 15.5. The number of nitro groups is 1. The molecule has 2 rings (SSSR count). The summed E-state index contributed by atoms with van der Waals surface area (Å²) in [6.45, 7) is 5.85. The van der Waals surface area contributed by atoms with Crippen molar-refractivity contribution in [3.63, 3.8) is 0 Å². The molecule has 1 N–H and O–H groups in total. The number of benzene rings is 2. The molecule has 0 saturated carbocycles. The summed E-state index contributed by atoms with van der Waals surface area (Å²) in [5.41, 5.74) is 1.65. The average Bonchev–Trinajstić information content (AvgIpc) is 2.62. The molecule has 0 aliphatic rings. The van der Waals surface area contributed by atoms with Crippen LogP contribution in [0.1, 0.15) is 42.6 Å². The molecule has 142 valence electrons. The maximum atomic E-state index is 12.8. The van der Waals surface area contributed by atoms with E-state index in [0.717, 1.165) is 0 Å². The van der Waals surface area contributed by atoms with Crippen LogP contribution in [0.25, 0.3) is 0 Å². The first kappa shape index (κ1) is 20.1. The van der Waals surface area contributed by atoms with Crippen molar-refractivity contribution >= 4 is 23.3 Å². The van der Waals surface area contributed by atoms with Crippen molar-refractivity contribution in [2.75, 3.05) is 11.9 Å². The number of esters is 1. The number of carbonyl (C=O) groups is 2. The van der Waals surface area contributed by atoms with Crippen molar-refractivity contribution in [3.8, 4) is 0 Å². The van der Waals surface area contributed by atoms with Crippen LogP contribution >= 0.6 is 0 Å². The second-order valence-electron chi connectivity index (χ2n) is 6.36. The zero-order chi connectivity index (χ0) is 20.0. The molecule has 0 heterocycles. The Bertz CT molecular complexity index is 813. The average molecular weight is 370 g/mol. The molecule has 7 heteroatoms. The molecule has 1 amide bonds. The van der Waals surface area contributed by atoms with Crippen molar-refractivity contribution in [2.45, 2.75) is 26.7 Å². The zero-order valence-electron chi connectivity index (χ0n) is 15.5. The van der Waals surface area contributed by atoms with Crippen LogP contribution in [-0.4, -0.2) is 23.4 Å². The van der Waals surface area contributed by atoms with E-state index in [0.29, 0.717) is 23.4 Å². The smallest absolute Gasteiger partial charge is 0.338 e. The molecular formula is C20H22N2O5. The summed E-state index contributed by atoms with van der Waals surface area (Å²) < 4.78 is 4.93. The summed E-state index contributed by atoms with van der Waals surface area (Å²) in [5, 5.41) is 13.6. The maximum Gasteiger partial charge on any atom is 0.338 e. The Morgan fingerprint density at radius 3 is 2.15 bits per heavy atom. The Kier molecular flexibility index (Phi) is 6.65. The van der Waals surface area contributed by atoms with Crippen LogP contribution in [-0.2, 0) is 9.53 Å². The Labute approximate surface area is 157 Å². The van der Waals surface area contributed by atoms with Crippen LogP contribution in [0.4, 0.5) is 11.4 Å². The Morgan fingerprint density at radius 2 is 1.67 bits per heavy atom. The lowest BCUT2D eigenvalue weighted by Gasteiger charge is -2.20. The molecule has 0 radical (unpaired) electrons. The van der Waals surface area contributed by atoms with E-state index in [1.54, 1.807) is 43.3 Å². The molecular weight excluding hydrogens is 348 g/mol. The van der Waals surface area contributed by atoms with Crippen molar-refractivity contribution in [2.24, 2.45) is 5.92 Å². The number of hydrogen-bond donors (Lipinski definition) is 1. The number of nitro benzene ring substituents is 1. The van der Waals surface area contributed by atoms with E-state index < -0.39 is 16.8 Å². The number of ether oxygens (including phenoxy) is 1. The van der Waals surface area contributed by atoms with Gasteiger partial charge in [0.2, 0.25) is 5.91 Å². The highest BCUT2D eigenvalue weighted by atomic mass is 16.6. The predicted molar refractivity (Wildman–Crippen MR) is 102 cm³/mol. The normalized spacial score (nSPS) is 11.7. The number of amides is 1. The lowest BCUT2D eigenvalue weighted by Crippen LogP contribution is -2.25. The molecule has 27 heavy (non-hydrogen) atoms. The van der Waals surface area contributed by atoms with Crippen LogP contribution in [0.2, 0.25) is 0 Å². The Hall–Kier alpha value is -3.22. The van der Waals surface area contributed by atoms with E-state index in [-0.39, 0.29) is 17.5 Å². The summed E-state index contributed by atoms with van der Waals surface area (Å²) in [6.07, 6.45) is 0. The molecule has 0 aliphatic heterocycles. The fourth-order valence-corrected chi connectivity index (χ4v) is 2.77. The van der Waals surface area contributed by atoms with E-state index in [1.807, 2.05) is 13.8 Å². The van der Waals surface area contributed by atoms with Gasteiger partial charge < -0.3 is 10.1 Å². The van der Waals surface area contributed by atoms with Gasteiger partial charge in [0.25, 0.3) is 5.69 Å². The van der Waals surface area contributed by atoms with Crippen molar-refractivity contribution < 1.29 is 19.2 Å². The first-order chi connectivity index (χ1) is 12.8. The van der Waals surface area contributed by atoms with Gasteiger partial charge in [0.1, 0.15) is 0 Å². The molecule has 0 fully saturated rings. The minimum Gasteiger partial charge on any atom is -0.462 e. The molecule has 0 aromatic heterocycles. The standard InChI is InChI=1S/C20H22N2O5/c1-4-27-20(24)15-5-9-16(10-6-15)21-19(23)18(13(2)3)14-7-11-17(12-8-14)22(25)26/h5-13,18H,4H2,1-3H3,(H,21,23). The van der Waals surface area contributed by atoms with E-state index in [2.05, 4.69) is 5.32 Å². The molecule has 1 atom stereocenters. The second kappa shape index (κ2) is 8.93. The van der Waals surface area contributed by atoms with Crippen molar-refractivity contribution in [1.82, 2.24) is 0 Å². The first-order valence-electron chi connectivity index (χ1n) is 8.66. The van der Waals surface area contributed by atoms with Gasteiger partial charge in [0.15, 0.2) is 0 Å². The van der Waals surface area contributed by atoms with Crippen molar-refractivity contribution in [3.05, 3.63) is 69.8 Å². The van der Waals surface area contributed by atoms with Gasteiger partial charge in [-0.25, -0.2) is 4.79 Å².